The maximum absolute atomic E-state index is 10.9. The van der Waals surface area contributed by atoms with Crippen molar-refractivity contribution < 1.29 is 4.92 Å². The number of hydrogen-bond donors (Lipinski definition) is 0. The molecule has 0 radical (unpaired) electrons. The minimum atomic E-state index is -0.538. The summed E-state index contributed by atoms with van der Waals surface area (Å²) in [6.07, 6.45) is 0. The third kappa shape index (κ3) is 3.34. The minimum absolute atomic E-state index is 0.0728. The van der Waals surface area contributed by atoms with Crippen molar-refractivity contribution in [2.75, 3.05) is 0 Å². The highest BCUT2D eigenvalue weighted by atomic mass is 79.9. The van der Waals surface area contributed by atoms with E-state index >= 15 is 0 Å². The summed E-state index contributed by atoms with van der Waals surface area (Å²) < 4.78 is 0.945. The number of hydrogen-bond acceptors (Lipinski definition) is 4. The molecule has 94 valence electrons. The van der Waals surface area contributed by atoms with Gasteiger partial charge in [0.2, 0.25) is 0 Å². The van der Waals surface area contributed by atoms with Gasteiger partial charge in [-0.2, -0.15) is 5.26 Å². The largest absolute Gasteiger partial charge is 0.288 e. The molecule has 0 aliphatic heterocycles. The van der Waals surface area contributed by atoms with Gasteiger partial charge in [0, 0.05) is 20.3 Å². The van der Waals surface area contributed by atoms with Crippen LogP contribution in [-0.4, -0.2) is 4.92 Å². The molecule has 0 aromatic heterocycles. The van der Waals surface area contributed by atoms with E-state index in [1.54, 1.807) is 6.07 Å². The zero-order chi connectivity index (χ0) is 13.8. The van der Waals surface area contributed by atoms with Crippen LogP contribution in [0.2, 0.25) is 0 Å². The van der Waals surface area contributed by atoms with Crippen molar-refractivity contribution in [2.45, 2.75) is 9.79 Å². The monoisotopic (exact) mass is 334 g/mol. The van der Waals surface area contributed by atoms with Crippen LogP contribution in [-0.2, 0) is 0 Å². The summed E-state index contributed by atoms with van der Waals surface area (Å²) in [5.74, 6) is 0. The highest BCUT2D eigenvalue weighted by Gasteiger charge is 2.14. The number of benzene rings is 2. The quantitative estimate of drug-likeness (QED) is 0.617. The third-order valence-corrected chi connectivity index (χ3v) is 3.79. The molecule has 0 saturated heterocycles. The number of nitro groups is 1. The summed E-state index contributed by atoms with van der Waals surface area (Å²) in [6.45, 7) is 0. The van der Waals surface area contributed by atoms with Crippen LogP contribution in [0, 0.1) is 21.4 Å². The van der Waals surface area contributed by atoms with E-state index in [9.17, 15) is 10.1 Å². The molecule has 0 N–H and O–H groups in total. The molecule has 0 bridgehead atoms. The zero-order valence-corrected chi connectivity index (χ0v) is 11.9. The molecule has 0 saturated carbocycles. The second-order valence-electron chi connectivity index (χ2n) is 3.61. The Bertz CT molecular complexity index is 683. The van der Waals surface area contributed by atoms with Gasteiger partial charge in [-0.1, -0.05) is 33.8 Å². The first-order chi connectivity index (χ1) is 9.10. The van der Waals surface area contributed by atoms with Crippen LogP contribution in [0.15, 0.2) is 56.7 Å². The van der Waals surface area contributed by atoms with Gasteiger partial charge >= 0.3 is 0 Å². The predicted octanol–water partition coefficient (Wildman–Crippen LogP) is 4.38. The van der Waals surface area contributed by atoms with Crippen LogP contribution in [0.4, 0.5) is 5.69 Å². The lowest BCUT2D eigenvalue weighted by Crippen LogP contribution is -1.92. The van der Waals surface area contributed by atoms with Crippen LogP contribution in [0.5, 0.6) is 0 Å². The summed E-state index contributed by atoms with van der Waals surface area (Å²) in [7, 11) is 0. The fraction of sp³-hybridized carbons (Fsp3) is 0. The van der Waals surface area contributed by atoms with Gasteiger partial charge < -0.3 is 0 Å². The number of nitro benzene ring substituents is 1. The SMILES string of the molecule is N#Cc1ccc(Sc2cccc(Br)c2)cc1[N+](=O)[O-]. The van der Waals surface area contributed by atoms with Crippen molar-refractivity contribution >= 4 is 33.4 Å². The van der Waals surface area contributed by atoms with Crippen LogP contribution >= 0.6 is 27.7 Å². The second kappa shape index (κ2) is 5.87. The van der Waals surface area contributed by atoms with Crippen molar-refractivity contribution in [3.63, 3.8) is 0 Å². The molecule has 2 aromatic carbocycles. The van der Waals surface area contributed by atoms with Crippen molar-refractivity contribution in [1.29, 1.82) is 5.26 Å². The van der Waals surface area contributed by atoms with Gasteiger partial charge in [-0.05, 0) is 30.3 Å². The minimum Gasteiger partial charge on any atom is -0.258 e. The van der Waals surface area contributed by atoms with Gasteiger partial charge in [-0.25, -0.2) is 0 Å². The average molecular weight is 335 g/mol. The topological polar surface area (TPSA) is 66.9 Å². The zero-order valence-electron chi connectivity index (χ0n) is 9.54. The Morgan fingerprint density at radius 3 is 2.58 bits per heavy atom. The Kier molecular flexibility index (Phi) is 4.20. The predicted molar refractivity (Wildman–Crippen MR) is 76.1 cm³/mol. The van der Waals surface area contributed by atoms with Gasteiger partial charge in [0.25, 0.3) is 5.69 Å². The molecule has 0 fully saturated rings. The van der Waals surface area contributed by atoms with E-state index in [2.05, 4.69) is 15.9 Å². The molecule has 19 heavy (non-hydrogen) atoms. The molecule has 2 rings (SSSR count). The first kappa shape index (κ1) is 13.6. The first-order valence-electron chi connectivity index (χ1n) is 5.22. The Morgan fingerprint density at radius 1 is 1.21 bits per heavy atom. The summed E-state index contributed by atoms with van der Waals surface area (Å²) in [6, 6.07) is 14.1. The number of nitrogens with zero attached hydrogens (tertiary/aromatic N) is 2. The van der Waals surface area contributed by atoms with Gasteiger partial charge in [-0.15, -0.1) is 0 Å². The summed E-state index contributed by atoms with van der Waals surface area (Å²) in [5, 5.41) is 19.7. The molecule has 6 heteroatoms. The summed E-state index contributed by atoms with van der Waals surface area (Å²) >= 11 is 4.78. The fourth-order valence-corrected chi connectivity index (χ4v) is 2.95. The second-order valence-corrected chi connectivity index (χ2v) is 5.67. The highest BCUT2D eigenvalue weighted by Crippen LogP contribution is 2.32. The van der Waals surface area contributed by atoms with E-state index in [0.29, 0.717) is 0 Å². The summed E-state index contributed by atoms with van der Waals surface area (Å²) in [5.41, 5.74) is -0.0916. The smallest absolute Gasteiger partial charge is 0.258 e. The van der Waals surface area contributed by atoms with Crippen LogP contribution in [0.3, 0.4) is 0 Å². The maximum Gasteiger partial charge on any atom is 0.288 e. The molecular formula is C13H7BrN2O2S. The number of nitriles is 1. The van der Waals surface area contributed by atoms with Crippen LogP contribution < -0.4 is 0 Å². The maximum atomic E-state index is 10.9. The van der Waals surface area contributed by atoms with Gasteiger partial charge in [-0.3, -0.25) is 10.1 Å². The van der Waals surface area contributed by atoms with E-state index < -0.39 is 4.92 Å². The first-order valence-corrected chi connectivity index (χ1v) is 6.83. The standard InChI is InChI=1S/C13H7BrN2O2S/c14-10-2-1-3-11(6-10)19-12-5-4-9(8-15)13(7-12)16(17)18/h1-7H. The van der Waals surface area contributed by atoms with E-state index in [1.165, 1.54) is 23.9 Å². The number of halogens is 1. The fourth-order valence-electron chi connectivity index (χ4n) is 1.49. The lowest BCUT2D eigenvalue weighted by molar-refractivity contribution is -0.385. The van der Waals surface area contributed by atoms with Crippen LogP contribution in [0.25, 0.3) is 0 Å². The summed E-state index contributed by atoms with van der Waals surface area (Å²) in [4.78, 5) is 12.0. The molecule has 0 spiro atoms. The molecule has 2 aromatic rings. The Labute approximate surface area is 122 Å². The van der Waals surface area contributed by atoms with E-state index in [4.69, 9.17) is 5.26 Å². The highest BCUT2D eigenvalue weighted by molar-refractivity contribution is 9.10. The molecule has 0 heterocycles. The molecule has 0 unspecified atom stereocenters. The number of rotatable bonds is 3. The van der Waals surface area contributed by atoms with Crippen molar-refractivity contribution in [3.05, 3.63) is 62.6 Å². The van der Waals surface area contributed by atoms with Gasteiger partial charge in [0.1, 0.15) is 11.6 Å². The molecule has 0 aliphatic carbocycles. The molecule has 0 aliphatic rings. The van der Waals surface area contributed by atoms with Gasteiger partial charge in [0.15, 0.2) is 0 Å². The third-order valence-electron chi connectivity index (χ3n) is 2.32. The van der Waals surface area contributed by atoms with Crippen molar-refractivity contribution in [1.82, 2.24) is 0 Å². The normalized spacial score (nSPS) is 9.89. The molecular weight excluding hydrogens is 328 g/mol. The Morgan fingerprint density at radius 2 is 1.95 bits per heavy atom. The molecule has 0 atom stereocenters. The van der Waals surface area contributed by atoms with Crippen LogP contribution in [0.1, 0.15) is 5.56 Å². The van der Waals surface area contributed by atoms with Crippen molar-refractivity contribution in [3.8, 4) is 6.07 Å². The van der Waals surface area contributed by atoms with Crippen molar-refractivity contribution in [2.24, 2.45) is 0 Å². The Balaban J connectivity index is 2.34. The lowest BCUT2D eigenvalue weighted by Gasteiger charge is -2.03. The van der Waals surface area contributed by atoms with E-state index in [1.807, 2.05) is 30.3 Å². The Hall–Kier alpha value is -1.84. The van der Waals surface area contributed by atoms with E-state index in [0.717, 1.165) is 14.3 Å². The lowest BCUT2D eigenvalue weighted by atomic mass is 10.2. The molecule has 4 nitrogen and oxygen atoms in total. The molecule has 0 amide bonds. The average Bonchev–Trinajstić information content (AvgIpc) is 2.38. The van der Waals surface area contributed by atoms with Gasteiger partial charge in [0.05, 0.1) is 4.92 Å². The van der Waals surface area contributed by atoms with E-state index in [-0.39, 0.29) is 11.3 Å².